The fourth-order valence-electron chi connectivity index (χ4n) is 1.41. The van der Waals surface area contributed by atoms with Gasteiger partial charge in [-0.2, -0.15) is 0 Å². The number of fused-ring (bicyclic) bond motifs is 1. The molecule has 0 aliphatic rings. The van der Waals surface area contributed by atoms with Gasteiger partial charge in [0.15, 0.2) is 10.9 Å². The topological polar surface area (TPSA) is 69.4 Å². The summed E-state index contributed by atoms with van der Waals surface area (Å²) in [7, 11) is 3.12. The molecule has 2 rings (SSSR count). The number of hydrogen-bond donors (Lipinski definition) is 2. The zero-order valence-corrected chi connectivity index (χ0v) is 10.3. The molecule has 1 aromatic heterocycles. The third-order valence-electron chi connectivity index (χ3n) is 2.09. The molecule has 0 aliphatic heterocycles. The van der Waals surface area contributed by atoms with E-state index in [0.717, 1.165) is 4.70 Å². The van der Waals surface area contributed by atoms with Crippen molar-refractivity contribution >= 4 is 38.3 Å². The minimum Gasteiger partial charge on any atom is -0.494 e. The van der Waals surface area contributed by atoms with Crippen molar-refractivity contribution in [2.75, 3.05) is 19.6 Å². The van der Waals surface area contributed by atoms with Gasteiger partial charge in [0.2, 0.25) is 0 Å². The van der Waals surface area contributed by atoms with Crippen LogP contribution in [-0.2, 0) is 0 Å². The number of methoxy groups -OCH3 is 2. The van der Waals surface area contributed by atoms with E-state index in [1.807, 2.05) is 0 Å². The number of rotatable bonds is 3. The van der Waals surface area contributed by atoms with Gasteiger partial charge in [0, 0.05) is 6.07 Å². The minimum atomic E-state index is 0.485. The van der Waals surface area contributed by atoms with Gasteiger partial charge in [0.25, 0.3) is 0 Å². The maximum absolute atomic E-state index is 6.06. The molecule has 86 valence electrons. The van der Waals surface area contributed by atoms with E-state index in [2.05, 4.69) is 10.4 Å². The van der Waals surface area contributed by atoms with Crippen LogP contribution in [0.4, 0.5) is 5.13 Å². The lowest BCUT2D eigenvalue weighted by atomic mass is 10.3. The van der Waals surface area contributed by atoms with Crippen LogP contribution >= 0.6 is 22.9 Å². The van der Waals surface area contributed by atoms with Gasteiger partial charge >= 0.3 is 0 Å². The van der Waals surface area contributed by atoms with Crippen LogP contribution in [0.3, 0.4) is 0 Å². The average Bonchev–Trinajstić information content (AvgIpc) is 2.71. The lowest BCUT2D eigenvalue weighted by molar-refractivity contribution is 0.410. The summed E-state index contributed by atoms with van der Waals surface area (Å²) >= 11 is 7.42. The number of nitrogen functional groups attached to an aromatic ring is 1. The normalized spacial score (nSPS) is 10.5. The highest BCUT2D eigenvalue weighted by molar-refractivity contribution is 7.22. The first-order valence-corrected chi connectivity index (χ1v) is 5.58. The van der Waals surface area contributed by atoms with Crippen LogP contribution in [0.5, 0.6) is 11.5 Å². The highest BCUT2D eigenvalue weighted by Crippen LogP contribution is 2.43. The highest BCUT2D eigenvalue weighted by atomic mass is 35.5. The molecule has 0 aliphatic carbocycles. The minimum absolute atomic E-state index is 0.485. The number of nitrogens with two attached hydrogens (primary N) is 1. The first kappa shape index (κ1) is 11.3. The molecular formula is C9H10ClN3O2S. The van der Waals surface area contributed by atoms with Crippen molar-refractivity contribution in [3.8, 4) is 11.5 Å². The largest absolute Gasteiger partial charge is 0.494 e. The summed E-state index contributed by atoms with van der Waals surface area (Å²) in [5, 5.41) is 1.06. The van der Waals surface area contributed by atoms with Gasteiger partial charge in [0.1, 0.15) is 16.0 Å². The van der Waals surface area contributed by atoms with E-state index >= 15 is 0 Å². The standard InChI is InChI=1S/C9H10ClN3O2S/c1-14-5-3-4(10)7(15-2)8-6(5)12-9(13-11)16-8/h3H,11H2,1-2H3,(H,12,13). The Hall–Kier alpha value is -1.24. The summed E-state index contributed by atoms with van der Waals surface area (Å²) < 4.78 is 11.2. The molecule has 0 atom stereocenters. The van der Waals surface area contributed by atoms with Crippen LogP contribution in [0.2, 0.25) is 5.02 Å². The number of nitrogens with zero attached hydrogens (tertiary/aromatic N) is 1. The maximum atomic E-state index is 6.06. The summed E-state index contributed by atoms with van der Waals surface area (Å²) in [6.45, 7) is 0. The second kappa shape index (κ2) is 4.32. The number of aromatic nitrogens is 1. The van der Waals surface area contributed by atoms with E-state index in [1.165, 1.54) is 11.3 Å². The molecule has 0 fully saturated rings. The number of nitrogens with one attached hydrogen (secondary N) is 1. The van der Waals surface area contributed by atoms with Gasteiger partial charge in [0.05, 0.1) is 19.2 Å². The van der Waals surface area contributed by atoms with E-state index in [9.17, 15) is 0 Å². The Bertz CT molecular complexity index is 529. The Morgan fingerprint density at radius 3 is 2.75 bits per heavy atom. The zero-order chi connectivity index (χ0) is 11.7. The maximum Gasteiger partial charge on any atom is 0.198 e. The van der Waals surface area contributed by atoms with E-state index < -0.39 is 0 Å². The van der Waals surface area contributed by atoms with E-state index in [-0.39, 0.29) is 0 Å². The lowest BCUT2D eigenvalue weighted by Gasteiger charge is -2.06. The molecule has 0 saturated carbocycles. The van der Waals surface area contributed by atoms with Crippen molar-refractivity contribution in [1.29, 1.82) is 0 Å². The third-order valence-corrected chi connectivity index (χ3v) is 3.36. The second-order valence-electron chi connectivity index (χ2n) is 2.93. The molecule has 2 aromatic rings. The van der Waals surface area contributed by atoms with E-state index in [4.69, 9.17) is 26.9 Å². The number of anilines is 1. The first-order valence-electron chi connectivity index (χ1n) is 4.39. The number of hydrazine groups is 1. The summed E-state index contributed by atoms with van der Waals surface area (Å²) in [4.78, 5) is 4.27. The van der Waals surface area contributed by atoms with Gasteiger partial charge in [-0.25, -0.2) is 10.8 Å². The van der Waals surface area contributed by atoms with Gasteiger partial charge < -0.3 is 9.47 Å². The molecule has 3 N–H and O–H groups in total. The van der Waals surface area contributed by atoms with Crippen molar-refractivity contribution in [3.63, 3.8) is 0 Å². The molecule has 0 bridgehead atoms. The molecule has 0 saturated heterocycles. The lowest BCUT2D eigenvalue weighted by Crippen LogP contribution is -2.05. The SMILES string of the molecule is COc1cc(Cl)c(OC)c2sc(NN)nc12. The highest BCUT2D eigenvalue weighted by Gasteiger charge is 2.16. The zero-order valence-electron chi connectivity index (χ0n) is 8.70. The van der Waals surface area contributed by atoms with Crippen LogP contribution in [0.25, 0.3) is 10.2 Å². The van der Waals surface area contributed by atoms with Crippen LogP contribution < -0.4 is 20.7 Å². The van der Waals surface area contributed by atoms with Crippen molar-refractivity contribution in [1.82, 2.24) is 4.98 Å². The van der Waals surface area contributed by atoms with Crippen LogP contribution in [0.15, 0.2) is 6.07 Å². The molecule has 16 heavy (non-hydrogen) atoms. The Morgan fingerprint density at radius 1 is 1.44 bits per heavy atom. The Labute approximate surface area is 101 Å². The summed E-state index contributed by atoms with van der Waals surface area (Å²) in [5.41, 5.74) is 3.17. The van der Waals surface area contributed by atoms with Gasteiger partial charge in [-0.3, -0.25) is 5.43 Å². The quantitative estimate of drug-likeness (QED) is 0.654. The number of hydrogen-bond acceptors (Lipinski definition) is 6. The predicted molar refractivity (Wildman–Crippen MR) is 65.5 cm³/mol. The molecule has 0 spiro atoms. The van der Waals surface area contributed by atoms with Crippen molar-refractivity contribution < 1.29 is 9.47 Å². The monoisotopic (exact) mass is 259 g/mol. The Morgan fingerprint density at radius 2 is 2.19 bits per heavy atom. The molecule has 1 heterocycles. The summed E-state index contributed by atoms with van der Waals surface area (Å²) in [5.74, 6) is 6.49. The number of halogens is 1. The molecule has 0 amide bonds. The third kappa shape index (κ3) is 1.64. The molecule has 0 radical (unpaired) electrons. The van der Waals surface area contributed by atoms with E-state index in [1.54, 1.807) is 20.3 Å². The van der Waals surface area contributed by atoms with Crippen molar-refractivity contribution in [3.05, 3.63) is 11.1 Å². The molecular weight excluding hydrogens is 250 g/mol. The predicted octanol–water partition coefficient (Wildman–Crippen LogP) is 2.25. The molecule has 7 heteroatoms. The van der Waals surface area contributed by atoms with E-state index in [0.29, 0.717) is 27.2 Å². The smallest absolute Gasteiger partial charge is 0.198 e. The first-order chi connectivity index (χ1) is 7.71. The van der Waals surface area contributed by atoms with Gasteiger partial charge in [-0.1, -0.05) is 22.9 Å². The Balaban J connectivity index is 2.79. The molecule has 0 unspecified atom stereocenters. The summed E-state index contributed by atoms with van der Waals surface area (Å²) in [6, 6.07) is 1.67. The van der Waals surface area contributed by atoms with Gasteiger partial charge in [-0.15, -0.1) is 0 Å². The number of ether oxygens (including phenoxy) is 2. The van der Waals surface area contributed by atoms with Crippen molar-refractivity contribution in [2.45, 2.75) is 0 Å². The molecule has 1 aromatic carbocycles. The Kier molecular flexibility index (Phi) is 3.04. The second-order valence-corrected chi connectivity index (χ2v) is 4.34. The van der Waals surface area contributed by atoms with Crippen molar-refractivity contribution in [2.24, 2.45) is 5.84 Å². The van der Waals surface area contributed by atoms with Crippen LogP contribution in [-0.4, -0.2) is 19.2 Å². The van der Waals surface area contributed by atoms with Crippen LogP contribution in [0, 0.1) is 0 Å². The number of thiazole rings is 1. The fraction of sp³-hybridized carbons (Fsp3) is 0.222. The fourth-order valence-corrected chi connectivity index (χ4v) is 2.65. The van der Waals surface area contributed by atoms with Crippen LogP contribution in [0.1, 0.15) is 0 Å². The molecule has 5 nitrogen and oxygen atoms in total. The number of benzene rings is 1. The average molecular weight is 260 g/mol. The van der Waals surface area contributed by atoms with Gasteiger partial charge in [-0.05, 0) is 0 Å². The summed E-state index contributed by atoms with van der Waals surface area (Å²) in [6.07, 6.45) is 0.